The maximum absolute atomic E-state index is 12.3. The summed E-state index contributed by atoms with van der Waals surface area (Å²) in [6, 6.07) is 6.95. The van der Waals surface area contributed by atoms with E-state index in [2.05, 4.69) is 16.0 Å². The molecule has 0 unspecified atom stereocenters. The molecule has 2 rings (SSSR count). The highest BCUT2D eigenvalue weighted by atomic mass is 16.2. The van der Waals surface area contributed by atoms with Gasteiger partial charge in [0, 0.05) is 29.4 Å². The van der Waals surface area contributed by atoms with Crippen LogP contribution in [-0.2, 0) is 0 Å². The lowest BCUT2D eigenvalue weighted by Gasteiger charge is -2.26. The van der Waals surface area contributed by atoms with Gasteiger partial charge in [0.2, 0.25) is 0 Å². The Balaban J connectivity index is 1.92. The van der Waals surface area contributed by atoms with Gasteiger partial charge in [0.15, 0.2) is 0 Å². The zero-order valence-electron chi connectivity index (χ0n) is 13.8. The van der Waals surface area contributed by atoms with Crippen LogP contribution < -0.4 is 21.7 Å². The number of anilines is 1. The first-order valence-corrected chi connectivity index (χ1v) is 8.20. The van der Waals surface area contributed by atoms with Crippen LogP contribution >= 0.6 is 0 Å². The van der Waals surface area contributed by atoms with Gasteiger partial charge in [0.05, 0.1) is 0 Å². The number of hydrogen-bond acceptors (Lipinski definition) is 3. The zero-order chi connectivity index (χ0) is 16.9. The van der Waals surface area contributed by atoms with E-state index in [1.165, 1.54) is 0 Å². The highest BCUT2D eigenvalue weighted by Gasteiger charge is 2.23. The van der Waals surface area contributed by atoms with Crippen LogP contribution in [0.5, 0.6) is 0 Å². The number of amides is 3. The SMILES string of the molecule is CCC(N)(CC)CNC(=O)c1cccc(NC(=O)NC2CC2)c1. The molecule has 3 amide bonds. The van der Waals surface area contributed by atoms with E-state index in [0.717, 1.165) is 25.7 Å². The lowest BCUT2D eigenvalue weighted by atomic mass is 9.94. The fraction of sp³-hybridized carbons (Fsp3) is 0.529. The van der Waals surface area contributed by atoms with Crippen molar-refractivity contribution in [2.75, 3.05) is 11.9 Å². The molecule has 0 aromatic heterocycles. The van der Waals surface area contributed by atoms with Crippen molar-refractivity contribution in [3.8, 4) is 0 Å². The average molecular weight is 318 g/mol. The predicted molar refractivity (Wildman–Crippen MR) is 91.5 cm³/mol. The molecule has 0 aliphatic heterocycles. The molecule has 0 atom stereocenters. The van der Waals surface area contributed by atoms with Gasteiger partial charge < -0.3 is 21.7 Å². The van der Waals surface area contributed by atoms with Crippen molar-refractivity contribution in [1.29, 1.82) is 0 Å². The van der Waals surface area contributed by atoms with E-state index in [1.54, 1.807) is 24.3 Å². The summed E-state index contributed by atoms with van der Waals surface area (Å²) in [5.41, 5.74) is 6.91. The summed E-state index contributed by atoms with van der Waals surface area (Å²) >= 11 is 0. The van der Waals surface area contributed by atoms with Crippen LogP contribution in [0.2, 0.25) is 0 Å². The summed E-state index contributed by atoms with van der Waals surface area (Å²) in [4.78, 5) is 24.0. The molecule has 126 valence electrons. The first-order valence-electron chi connectivity index (χ1n) is 8.20. The standard InChI is InChI=1S/C17H26N4O2/c1-3-17(18,4-2)11-19-15(22)12-6-5-7-14(10-12)21-16(23)20-13-8-9-13/h5-7,10,13H,3-4,8-9,11,18H2,1-2H3,(H,19,22)(H2,20,21,23). The highest BCUT2D eigenvalue weighted by molar-refractivity contribution is 5.97. The lowest BCUT2D eigenvalue weighted by Crippen LogP contribution is -2.49. The van der Waals surface area contributed by atoms with Gasteiger partial charge in [-0.2, -0.15) is 0 Å². The third-order valence-corrected chi connectivity index (χ3v) is 4.30. The van der Waals surface area contributed by atoms with E-state index in [1.807, 2.05) is 13.8 Å². The molecule has 0 heterocycles. The van der Waals surface area contributed by atoms with E-state index in [9.17, 15) is 9.59 Å². The molecular weight excluding hydrogens is 292 g/mol. The van der Waals surface area contributed by atoms with Crippen molar-refractivity contribution in [2.24, 2.45) is 5.73 Å². The van der Waals surface area contributed by atoms with Crippen molar-refractivity contribution in [1.82, 2.24) is 10.6 Å². The van der Waals surface area contributed by atoms with Gasteiger partial charge in [0.25, 0.3) is 5.91 Å². The Hall–Kier alpha value is -2.08. The summed E-state index contributed by atoms with van der Waals surface area (Å²) in [6.07, 6.45) is 3.66. The Bertz CT molecular complexity index is 565. The van der Waals surface area contributed by atoms with Crippen LogP contribution in [0.4, 0.5) is 10.5 Å². The van der Waals surface area contributed by atoms with Crippen molar-refractivity contribution >= 4 is 17.6 Å². The van der Waals surface area contributed by atoms with E-state index in [-0.39, 0.29) is 17.5 Å². The number of urea groups is 1. The van der Waals surface area contributed by atoms with Crippen molar-refractivity contribution in [3.63, 3.8) is 0 Å². The minimum Gasteiger partial charge on any atom is -0.350 e. The summed E-state index contributed by atoms with van der Waals surface area (Å²) in [5, 5.41) is 8.46. The maximum Gasteiger partial charge on any atom is 0.319 e. The Kier molecular flexibility index (Phi) is 5.60. The smallest absolute Gasteiger partial charge is 0.319 e. The van der Waals surface area contributed by atoms with Gasteiger partial charge in [-0.1, -0.05) is 19.9 Å². The molecule has 0 spiro atoms. The van der Waals surface area contributed by atoms with Crippen LogP contribution in [0.25, 0.3) is 0 Å². The number of rotatable bonds is 7. The second-order valence-electron chi connectivity index (χ2n) is 6.21. The van der Waals surface area contributed by atoms with Crippen LogP contribution in [-0.4, -0.2) is 30.1 Å². The van der Waals surface area contributed by atoms with E-state index < -0.39 is 0 Å². The minimum absolute atomic E-state index is 0.187. The van der Waals surface area contributed by atoms with Gasteiger partial charge in [-0.05, 0) is 43.9 Å². The van der Waals surface area contributed by atoms with E-state index in [0.29, 0.717) is 23.8 Å². The molecule has 1 aliphatic carbocycles. The van der Waals surface area contributed by atoms with E-state index >= 15 is 0 Å². The van der Waals surface area contributed by atoms with Crippen molar-refractivity contribution in [2.45, 2.75) is 51.1 Å². The van der Waals surface area contributed by atoms with Crippen LogP contribution in [0.3, 0.4) is 0 Å². The van der Waals surface area contributed by atoms with E-state index in [4.69, 9.17) is 5.73 Å². The molecule has 0 bridgehead atoms. The van der Waals surface area contributed by atoms with Crippen molar-refractivity contribution in [3.05, 3.63) is 29.8 Å². The monoisotopic (exact) mass is 318 g/mol. The first kappa shape index (κ1) is 17.3. The number of carbonyl (C=O) groups excluding carboxylic acids is 2. The molecule has 1 fully saturated rings. The first-order chi connectivity index (χ1) is 11.0. The third-order valence-electron chi connectivity index (χ3n) is 4.30. The third kappa shape index (κ3) is 5.25. The topological polar surface area (TPSA) is 96.2 Å². The summed E-state index contributed by atoms with van der Waals surface area (Å²) < 4.78 is 0. The van der Waals surface area contributed by atoms with Gasteiger partial charge >= 0.3 is 6.03 Å². The summed E-state index contributed by atoms with van der Waals surface area (Å²) in [6.45, 7) is 4.45. The number of nitrogens with two attached hydrogens (primary N) is 1. The normalized spacial score (nSPS) is 14.2. The zero-order valence-corrected chi connectivity index (χ0v) is 13.8. The lowest BCUT2D eigenvalue weighted by molar-refractivity contribution is 0.0942. The summed E-state index contributed by atoms with van der Waals surface area (Å²) in [5.74, 6) is -0.187. The van der Waals surface area contributed by atoms with Crippen LogP contribution in [0.15, 0.2) is 24.3 Å². The molecule has 1 aromatic carbocycles. The Labute approximate surface area is 137 Å². The Morgan fingerprint density at radius 3 is 2.57 bits per heavy atom. The quantitative estimate of drug-likeness (QED) is 0.620. The minimum atomic E-state index is -0.379. The van der Waals surface area contributed by atoms with Gasteiger partial charge in [-0.3, -0.25) is 4.79 Å². The second-order valence-corrected chi connectivity index (χ2v) is 6.21. The summed E-state index contributed by atoms with van der Waals surface area (Å²) in [7, 11) is 0. The number of hydrogen-bond donors (Lipinski definition) is 4. The molecule has 1 aliphatic rings. The highest BCUT2D eigenvalue weighted by Crippen LogP contribution is 2.19. The largest absolute Gasteiger partial charge is 0.350 e. The molecule has 1 saturated carbocycles. The molecule has 6 heteroatoms. The van der Waals surface area contributed by atoms with Gasteiger partial charge in [-0.25, -0.2) is 4.79 Å². The molecular formula is C17H26N4O2. The van der Waals surface area contributed by atoms with Crippen LogP contribution in [0.1, 0.15) is 49.9 Å². The fourth-order valence-corrected chi connectivity index (χ4v) is 2.18. The maximum atomic E-state index is 12.3. The number of carbonyl (C=O) groups is 2. The fourth-order valence-electron chi connectivity index (χ4n) is 2.18. The second kappa shape index (κ2) is 7.46. The Morgan fingerprint density at radius 2 is 1.96 bits per heavy atom. The molecule has 0 saturated heterocycles. The Morgan fingerprint density at radius 1 is 1.26 bits per heavy atom. The predicted octanol–water partition coefficient (Wildman–Crippen LogP) is 2.22. The number of benzene rings is 1. The van der Waals surface area contributed by atoms with Gasteiger partial charge in [0.1, 0.15) is 0 Å². The molecule has 6 nitrogen and oxygen atoms in total. The average Bonchev–Trinajstić information content (AvgIpc) is 3.36. The molecule has 1 aromatic rings. The van der Waals surface area contributed by atoms with Gasteiger partial charge in [-0.15, -0.1) is 0 Å². The molecule has 5 N–H and O–H groups in total. The molecule has 0 radical (unpaired) electrons. The van der Waals surface area contributed by atoms with Crippen molar-refractivity contribution < 1.29 is 9.59 Å². The number of nitrogens with one attached hydrogen (secondary N) is 3. The van der Waals surface area contributed by atoms with Crippen LogP contribution in [0, 0.1) is 0 Å². The molecule has 23 heavy (non-hydrogen) atoms.